The molecule has 2 nitrogen and oxygen atoms in total. The maximum absolute atomic E-state index is 3.44. The van der Waals surface area contributed by atoms with Gasteiger partial charge in [-0.3, -0.25) is 0 Å². The molecule has 2 heterocycles. The zero-order chi connectivity index (χ0) is 10.8. The molecule has 1 aromatic rings. The Kier molecular flexibility index (Phi) is 2.94. The molecule has 0 spiro atoms. The minimum absolute atomic E-state index is 0.793. The Morgan fingerprint density at radius 1 is 0.938 bits per heavy atom. The monoisotopic (exact) mass is 216 g/mol. The largest absolute Gasteiger partial charge is 0.317 e. The summed E-state index contributed by atoms with van der Waals surface area (Å²) < 4.78 is 0. The molecule has 0 saturated carbocycles. The molecule has 2 N–H and O–H groups in total. The van der Waals surface area contributed by atoms with Gasteiger partial charge in [-0.2, -0.15) is 0 Å². The molecule has 86 valence electrons. The minimum Gasteiger partial charge on any atom is -0.317 e. The summed E-state index contributed by atoms with van der Waals surface area (Å²) in [6, 6.07) is 7.15. The van der Waals surface area contributed by atoms with Crippen LogP contribution >= 0.6 is 0 Å². The van der Waals surface area contributed by atoms with E-state index in [2.05, 4.69) is 28.8 Å². The van der Waals surface area contributed by atoms with Crippen LogP contribution in [0.15, 0.2) is 18.2 Å². The fourth-order valence-electron chi connectivity index (χ4n) is 2.91. The SMILES string of the molecule is c1cc2c(cc1C1CCNCC1)CCNC2. The lowest BCUT2D eigenvalue weighted by Gasteiger charge is -2.25. The Balaban J connectivity index is 1.84. The highest BCUT2D eigenvalue weighted by molar-refractivity contribution is 5.35. The van der Waals surface area contributed by atoms with Crippen molar-refractivity contribution in [2.75, 3.05) is 19.6 Å². The zero-order valence-corrected chi connectivity index (χ0v) is 9.76. The van der Waals surface area contributed by atoms with E-state index in [9.17, 15) is 0 Å². The summed E-state index contributed by atoms with van der Waals surface area (Å²) in [5.74, 6) is 0.793. The van der Waals surface area contributed by atoms with Gasteiger partial charge in [-0.25, -0.2) is 0 Å². The van der Waals surface area contributed by atoms with Crippen molar-refractivity contribution in [3.63, 3.8) is 0 Å². The molecule has 2 aliphatic heterocycles. The number of benzene rings is 1. The highest BCUT2D eigenvalue weighted by Crippen LogP contribution is 2.27. The zero-order valence-electron chi connectivity index (χ0n) is 9.76. The predicted octanol–water partition coefficient (Wildman–Crippen LogP) is 1.80. The third-order valence-electron chi connectivity index (χ3n) is 3.93. The van der Waals surface area contributed by atoms with Crippen LogP contribution in [-0.4, -0.2) is 19.6 Å². The third-order valence-corrected chi connectivity index (χ3v) is 3.93. The molecule has 0 radical (unpaired) electrons. The third kappa shape index (κ3) is 2.00. The fraction of sp³-hybridized carbons (Fsp3) is 0.571. The molecule has 1 saturated heterocycles. The van der Waals surface area contributed by atoms with Crippen LogP contribution in [0, 0.1) is 0 Å². The molecule has 0 amide bonds. The van der Waals surface area contributed by atoms with E-state index in [1.807, 2.05) is 0 Å². The molecule has 0 bridgehead atoms. The summed E-state index contributed by atoms with van der Waals surface area (Å²) in [6.45, 7) is 4.57. The van der Waals surface area contributed by atoms with Crippen LogP contribution in [0.2, 0.25) is 0 Å². The van der Waals surface area contributed by atoms with E-state index >= 15 is 0 Å². The first-order valence-corrected chi connectivity index (χ1v) is 6.46. The van der Waals surface area contributed by atoms with E-state index in [1.54, 1.807) is 11.1 Å². The van der Waals surface area contributed by atoms with Crippen molar-refractivity contribution in [1.29, 1.82) is 0 Å². The smallest absolute Gasteiger partial charge is 0.0208 e. The lowest BCUT2D eigenvalue weighted by molar-refractivity contribution is 0.460. The number of nitrogens with one attached hydrogen (secondary N) is 2. The van der Waals surface area contributed by atoms with Gasteiger partial charge in [0.05, 0.1) is 0 Å². The van der Waals surface area contributed by atoms with Crippen LogP contribution in [0.5, 0.6) is 0 Å². The van der Waals surface area contributed by atoms with E-state index in [0.29, 0.717) is 0 Å². The molecule has 0 aliphatic carbocycles. The van der Waals surface area contributed by atoms with Crippen LogP contribution in [0.3, 0.4) is 0 Å². The van der Waals surface area contributed by atoms with E-state index < -0.39 is 0 Å². The number of fused-ring (bicyclic) bond motifs is 1. The Morgan fingerprint density at radius 2 is 1.81 bits per heavy atom. The van der Waals surface area contributed by atoms with E-state index in [1.165, 1.54) is 37.9 Å². The summed E-state index contributed by atoms with van der Waals surface area (Å²) in [5, 5.41) is 6.87. The van der Waals surface area contributed by atoms with E-state index in [4.69, 9.17) is 0 Å². The van der Waals surface area contributed by atoms with Crippen LogP contribution in [0.4, 0.5) is 0 Å². The fourth-order valence-corrected chi connectivity index (χ4v) is 2.91. The van der Waals surface area contributed by atoms with Gasteiger partial charge in [0.15, 0.2) is 0 Å². The Labute approximate surface area is 97.4 Å². The van der Waals surface area contributed by atoms with Crippen molar-refractivity contribution >= 4 is 0 Å². The normalized spacial score (nSPS) is 21.8. The van der Waals surface area contributed by atoms with Crippen LogP contribution < -0.4 is 10.6 Å². The predicted molar refractivity (Wildman–Crippen MR) is 66.7 cm³/mol. The molecular weight excluding hydrogens is 196 g/mol. The van der Waals surface area contributed by atoms with Gasteiger partial charge in [-0.15, -0.1) is 0 Å². The Hall–Kier alpha value is -0.860. The van der Waals surface area contributed by atoms with Gasteiger partial charge in [-0.05, 0) is 61.5 Å². The highest BCUT2D eigenvalue weighted by Gasteiger charge is 2.17. The number of hydrogen-bond acceptors (Lipinski definition) is 2. The maximum Gasteiger partial charge on any atom is 0.0208 e. The van der Waals surface area contributed by atoms with Crippen LogP contribution in [0.1, 0.15) is 35.4 Å². The average Bonchev–Trinajstić information content (AvgIpc) is 2.39. The van der Waals surface area contributed by atoms with E-state index in [-0.39, 0.29) is 0 Å². The minimum atomic E-state index is 0.793. The van der Waals surface area contributed by atoms with Crippen molar-refractivity contribution in [3.05, 3.63) is 34.9 Å². The van der Waals surface area contributed by atoms with Crippen molar-refractivity contribution in [2.24, 2.45) is 0 Å². The van der Waals surface area contributed by atoms with Gasteiger partial charge in [0.1, 0.15) is 0 Å². The van der Waals surface area contributed by atoms with Crippen molar-refractivity contribution in [1.82, 2.24) is 10.6 Å². The number of rotatable bonds is 1. The number of piperidine rings is 1. The molecule has 1 fully saturated rings. The van der Waals surface area contributed by atoms with Gasteiger partial charge in [0.25, 0.3) is 0 Å². The van der Waals surface area contributed by atoms with Gasteiger partial charge < -0.3 is 10.6 Å². The average molecular weight is 216 g/mol. The molecule has 3 rings (SSSR count). The molecule has 1 aromatic carbocycles. The first-order chi connectivity index (χ1) is 7.93. The molecule has 2 heteroatoms. The lowest BCUT2D eigenvalue weighted by atomic mass is 9.87. The summed E-state index contributed by atoms with van der Waals surface area (Å²) in [5.41, 5.74) is 4.65. The topological polar surface area (TPSA) is 24.1 Å². The van der Waals surface area contributed by atoms with Crippen molar-refractivity contribution in [3.8, 4) is 0 Å². The maximum atomic E-state index is 3.44. The molecule has 2 aliphatic rings. The van der Waals surface area contributed by atoms with Crippen molar-refractivity contribution < 1.29 is 0 Å². The second-order valence-corrected chi connectivity index (χ2v) is 4.98. The molecule has 0 unspecified atom stereocenters. The highest BCUT2D eigenvalue weighted by atomic mass is 14.9. The second kappa shape index (κ2) is 4.56. The quantitative estimate of drug-likeness (QED) is 0.748. The van der Waals surface area contributed by atoms with Gasteiger partial charge >= 0.3 is 0 Å². The standard InChI is InChI=1S/C14H20N2/c1-2-14-10-16-8-5-13(14)9-12(1)11-3-6-15-7-4-11/h1-2,9,11,15-16H,3-8,10H2. The van der Waals surface area contributed by atoms with Crippen molar-refractivity contribution in [2.45, 2.75) is 31.7 Å². The molecule has 0 aromatic heterocycles. The summed E-state index contributed by atoms with van der Waals surface area (Å²) >= 11 is 0. The van der Waals surface area contributed by atoms with Crippen LogP contribution in [0.25, 0.3) is 0 Å². The summed E-state index contributed by atoms with van der Waals surface area (Å²) in [7, 11) is 0. The molecular formula is C14H20N2. The van der Waals surface area contributed by atoms with Gasteiger partial charge in [0.2, 0.25) is 0 Å². The summed E-state index contributed by atoms with van der Waals surface area (Å²) in [6.07, 6.45) is 3.81. The Bertz CT molecular complexity index is 367. The Morgan fingerprint density at radius 3 is 2.69 bits per heavy atom. The second-order valence-electron chi connectivity index (χ2n) is 4.98. The first-order valence-electron chi connectivity index (χ1n) is 6.46. The summed E-state index contributed by atoms with van der Waals surface area (Å²) in [4.78, 5) is 0. The van der Waals surface area contributed by atoms with E-state index in [0.717, 1.165) is 19.0 Å². The first kappa shape index (κ1) is 10.3. The van der Waals surface area contributed by atoms with Crippen LogP contribution in [-0.2, 0) is 13.0 Å². The lowest BCUT2D eigenvalue weighted by Crippen LogP contribution is -2.27. The number of hydrogen-bond donors (Lipinski definition) is 2. The van der Waals surface area contributed by atoms with Gasteiger partial charge in [-0.1, -0.05) is 18.2 Å². The van der Waals surface area contributed by atoms with Gasteiger partial charge in [0, 0.05) is 6.54 Å². The molecule has 16 heavy (non-hydrogen) atoms. The molecule has 0 atom stereocenters.